The van der Waals surface area contributed by atoms with E-state index in [4.69, 9.17) is 16.2 Å². The molecule has 4 N–H and O–H groups in total. The van der Waals surface area contributed by atoms with Gasteiger partial charge in [0.05, 0.1) is 30.4 Å². The van der Waals surface area contributed by atoms with E-state index in [0.717, 1.165) is 0 Å². The Kier molecular flexibility index (Phi) is 4.93. The van der Waals surface area contributed by atoms with Crippen LogP contribution in [0.4, 0.5) is 26.4 Å². The van der Waals surface area contributed by atoms with Gasteiger partial charge in [-0.1, -0.05) is 12.1 Å². The van der Waals surface area contributed by atoms with Gasteiger partial charge in [-0.2, -0.15) is 15.0 Å². The average Bonchev–Trinajstić information content (AvgIpc) is 3.21. The van der Waals surface area contributed by atoms with Gasteiger partial charge in [0.15, 0.2) is 23.3 Å². The van der Waals surface area contributed by atoms with E-state index in [-0.39, 0.29) is 29.1 Å². The molecule has 0 unspecified atom stereocenters. The SMILES string of the molecule is Nc1ncc(-c2nc(N3CCOCC3)nc(-n3c(C(F)F)nc4ccccc43)n2)nc1N. The van der Waals surface area contributed by atoms with Gasteiger partial charge in [0.2, 0.25) is 11.9 Å². The number of rotatable bonds is 4. The van der Waals surface area contributed by atoms with E-state index in [1.807, 2.05) is 4.90 Å². The molecule has 0 atom stereocenters. The van der Waals surface area contributed by atoms with Gasteiger partial charge in [-0.15, -0.1) is 0 Å². The Morgan fingerprint density at radius 1 is 0.906 bits per heavy atom. The van der Waals surface area contributed by atoms with Crippen LogP contribution < -0.4 is 16.4 Å². The highest BCUT2D eigenvalue weighted by Gasteiger charge is 2.25. The van der Waals surface area contributed by atoms with Crippen molar-refractivity contribution < 1.29 is 13.5 Å². The van der Waals surface area contributed by atoms with Crippen molar-refractivity contribution in [2.24, 2.45) is 0 Å². The normalized spacial score (nSPS) is 14.4. The molecule has 1 aliphatic heterocycles. The Labute approximate surface area is 180 Å². The first-order chi connectivity index (χ1) is 15.5. The van der Waals surface area contributed by atoms with Crippen molar-refractivity contribution in [3.05, 3.63) is 36.3 Å². The maximum Gasteiger partial charge on any atom is 0.296 e. The van der Waals surface area contributed by atoms with Crippen molar-refractivity contribution in [2.45, 2.75) is 6.43 Å². The molecule has 0 spiro atoms. The van der Waals surface area contributed by atoms with Gasteiger partial charge < -0.3 is 21.1 Å². The van der Waals surface area contributed by atoms with Crippen molar-refractivity contribution in [3.8, 4) is 17.5 Å². The summed E-state index contributed by atoms with van der Waals surface area (Å²) >= 11 is 0. The third kappa shape index (κ3) is 3.51. The molecule has 0 radical (unpaired) electrons. The molecule has 1 aliphatic rings. The van der Waals surface area contributed by atoms with Gasteiger partial charge >= 0.3 is 0 Å². The molecule has 0 amide bonds. The molecule has 164 valence electrons. The Morgan fingerprint density at radius 2 is 1.66 bits per heavy atom. The minimum absolute atomic E-state index is 0.0127. The summed E-state index contributed by atoms with van der Waals surface area (Å²) in [5.41, 5.74) is 12.5. The van der Waals surface area contributed by atoms with E-state index in [0.29, 0.717) is 43.3 Å². The molecule has 4 heterocycles. The van der Waals surface area contributed by atoms with Crippen LogP contribution >= 0.6 is 0 Å². The smallest absolute Gasteiger partial charge is 0.296 e. The van der Waals surface area contributed by atoms with Crippen molar-refractivity contribution in [1.82, 2.24) is 34.5 Å². The lowest BCUT2D eigenvalue weighted by atomic mass is 10.3. The molecule has 0 saturated carbocycles. The topological polar surface area (TPSA) is 147 Å². The fraction of sp³-hybridized carbons (Fsp3) is 0.263. The number of benzene rings is 1. The second kappa shape index (κ2) is 7.92. The maximum atomic E-state index is 13.9. The number of ether oxygens (including phenoxy) is 1. The number of para-hydroxylation sites is 2. The highest BCUT2D eigenvalue weighted by molar-refractivity contribution is 5.77. The van der Waals surface area contributed by atoms with Gasteiger partial charge in [-0.25, -0.2) is 23.7 Å². The Hall–Kier alpha value is -4.00. The van der Waals surface area contributed by atoms with Crippen molar-refractivity contribution in [2.75, 3.05) is 42.7 Å². The van der Waals surface area contributed by atoms with Crippen LogP contribution in [0.5, 0.6) is 0 Å². The summed E-state index contributed by atoms with van der Waals surface area (Å²) in [5, 5.41) is 0. The second-order valence-electron chi connectivity index (χ2n) is 6.98. The van der Waals surface area contributed by atoms with Crippen molar-refractivity contribution in [3.63, 3.8) is 0 Å². The summed E-state index contributed by atoms with van der Waals surface area (Å²) in [4.78, 5) is 27.5. The summed E-state index contributed by atoms with van der Waals surface area (Å²) in [6.45, 7) is 2.04. The molecule has 1 fully saturated rings. The number of nitrogens with two attached hydrogens (primary N) is 2. The van der Waals surface area contributed by atoms with Gasteiger partial charge in [-0.3, -0.25) is 4.57 Å². The minimum atomic E-state index is -2.85. The number of imidazole rings is 1. The van der Waals surface area contributed by atoms with E-state index in [1.54, 1.807) is 24.3 Å². The van der Waals surface area contributed by atoms with Gasteiger partial charge in [0, 0.05) is 13.1 Å². The van der Waals surface area contributed by atoms with Gasteiger partial charge in [0.25, 0.3) is 6.43 Å². The lowest BCUT2D eigenvalue weighted by Gasteiger charge is -2.27. The van der Waals surface area contributed by atoms with Crippen molar-refractivity contribution >= 4 is 28.6 Å². The molecular weight excluding hydrogens is 422 g/mol. The largest absolute Gasteiger partial charge is 0.381 e. The monoisotopic (exact) mass is 440 g/mol. The van der Waals surface area contributed by atoms with E-state index in [1.165, 1.54) is 10.8 Å². The van der Waals surface area contributed by atoms with E-state index < -0.39 is 12.2 Å². The Morgan fingerprint density at radius 3 is 2.41 bits per heavy atom. The van der Waals surface area contributed by atoms with Crippen LogP contribution in [0.3, 0.4) is 0 Å². The molecule has 1 aromatic carbocycles. The standard InChI is InChI=1S/C19H18F2N10O/c20-13(21)17-26-10-3-1-2-4-12(10)31(17)19-28-16(11-9-24-14(22)15(23)25-11)27-18(29-19)30-5-7-32-8-6-30/h1-4,9,13H,5-8H2,(H2,22,24)(H2,23,25). The molecule has 1 saturated heterocycles. The summed E-state index contributed by atoms with van der Waals surface area (Å²) in [7, 11) is 0. The molecule has 0 bridgehead atoms. The van der Waals surface area contributed by atoms with Crippen LogP contribution in [0.25, 0.3) is 28.5 Å². The lowest BCUT2D eigenvalue weighted by Crippen LogP contribution is -2.37. The molecule has 32 heavy (non-hydrogen) atoms. The fourth-order valence-corrected chi connectivity index (χ4v) is 3.39. The number of morpholine rings is 1. The molecule has 4 aromatic rings. The number of nitrogens with zero attached hydrogens (tertiary/aromatic N) is 8. The van der Waals surface area contributed by atoms with Crippen LogP contribution in [-0.4, -0.2) is 60.8 Å². The van der Waals surface area contributed by atoms with Crippen molar-refractivity contribution in [1.29, 1.82) is 0 Å². The summed E-state index contributed by atoms with van der Waals surface area (Å²) in [6, 6.07) is 6.77. The first-order valence-electron chi connectivity index (χ1n) is 9.74. The molecule has 11 nitrogen and oxygen atoms in total. The van der Waals surface area contributed by atoms with Crippen LogP contribution in [-0.2, 0) is 4.74 Å². The first kappa shape index (κ1) is 19.9. The number of hydrogen-bond acceptors (Lipinski definition) is 10. The number of alkyl halides is 2. The summed E-state index contributed by atoms with van der Waals surface area (Å²) in [5.74, 6) is 0.00445. The third-order valence-corrected chi connectivity index (χ3v) is 4.95. The van der Waals surface area contributed by atoms with Crippen LogP contribution in [0, 0.1) is 0 Å². The third-order valence-electron chi connectivity index (χ3n) is 4.95. The quantitative estimate of drug-likeness (QED) is 0.479. The van der Waals surface area contributed by atoms with Crippen LogP contribution in [0.2, 0.25) is 0 Å². The number of nitrogen functional groups attached to an aromatic ring is 2. The molecular formula is C19H18F2N10O. The lowest BCUT2D eigenvalue weighted by molar-refractivity contribution is 0.122. The number of fused-ring (bicyclic) bond motifs is 1. The minimum Gasteiger partial charge on any atom is -0.381 e. The summed E-state index contributed by atoms with van der Waals surface area (Å²) in [6.07, 6.45) is -1.48. The number of aromatic nitrogens is 7. The fourth-order valence-electron chi connectivity index (χ4n) is 3.39. The van der Waals surface area contributed by atoms with E-state index >= 15 is 0 Å². The van der Waals surface area contributed by atoms with Crippen LogP contribution in [0.1, 0.15) is 12.2 Å². The zero-order chi connectivity index (χ0) is 22.2. The molecule has 3 aromatic heterocycles. The average molecular weight is 440 g/mol. The number of halogens is 2. The van der Waals surface area contributed by atoms with Gasteiger partial charge in [-0.05, 0) is 12.1 Å². The summed E-state index contributed by atoms with van der Waals surface area (Å²) < 4.78 is 34.4. The number of anilines is 3. The maximum absolute atomic E-state index is 13.9. The highest BCUT2D eigenvalue weighted by Crippen LogP contribution is 2.28. The number of hydrogen-bond donors (Lipinski definition) is 2. The first-order valence-corrected chi connectivity index (χ1v) is 9.74. The molecule has 0 aliphatic carbocycles. The zero-order valence-electron chi connectivity index (χ0n) is 16.7. The Bertz CT molecular complexity index is 1290. The highest BCUT2D eigenvalue weighted by atomic mass is 19.3. The predicted molar refractivity (Wildman–Crippen MR) is 112 cm³/mol. The second-order valence-corrected chi connectivity index (χ2v) is 6.98. The molecule has 13 heteroatoms. The Balaban J connectivity index is 1.74. The van der Waals surface area contributed by atoms with Gasteiger partial charge in [0.1, 0.15) is 5.69 Å². The predicted octanol–water partition coefficient (Wildman–Crippen LogP) is 1.61. The van der Waals surface area contributed by atoms with E-state index in [9.17, 15) is 8.78 Å². The van der Waals surface area contributed by atoms with Crippen LogP contribution in [0.15, 0.2) is 30.5 Å². The van der Waals surface area contributed by atoms with E-state index in [2.05, 4.69) is 29.9 Å². The zero-order valence-corrected chi connectivity index (χ0v) is 16.7. The molecule has 5 rings (SSSR count).